The fraction of sp³-hybridized carbons (Fsp3) is 0.682. The summed E-state index contributed by atoms with van der Waals surface area (Å²) in [6.45, 7) is 8.82. The van der Waals surface area contributed by atoms with Gasteiger partial charge in [-0.05, 0) is 65.6 Å². The van der Waals surface area contributed by atoms with Gasteiger partial charge in [-0.25, -0.2) is 8.93 Å². The Hall–Kier alpha value is -0.860. The van der Waals surface area contributed by atoms with Crippen molar-refractivity contribution in [2.24, 2.45) is 11.8 Å². The first-order valence-electron chi connectivity index (χ1n) is 10.8. The van der Waals surface area contributed by atoms with E-state index in [0.717, 1.165) is 32.4 Å². The van der Waals surface area contributed by atoms with Gasteiger partial charge >= 0.3 is 0 Å². The monoisotopic (exact) mass is 489 g/mol. The van der Waals surface area contributed by atoms with Gasteiger partial charge in [-0.3, -0.25) is 4.79 Å². The maximum atomic E-state index is 12.9. The summed E-state index contributed by atoms with van der Waals surface area (Å²) in [6.07, 6.45) is 2.43. The van der Waals surface area contributed by atoms with E-state index in [2.05, 4.69) is 16.7 Å². The Kier molecular flexibility index (Phi) is 7.96. The number of phenolic OH excluding ortho intramolecular Hbond substituents is 1. The molecule has 3 rings (SSSR count). The number of phenols is 1. The first-order chi connectivity index (χ1) is 14.5. The van der Waals surface area contributed by atoms with Crippen LogP contribution < -0.4 is 4.72 Å². The summed E-state index contributed by atoms with van der Waals surface area (Å²) in [5.74, 6) is 0.459. The lowest BCUT2D eigenvalue weighted by molar-refractivity contribution is -0.136. The molecule has 1 aromatic rings. The number of hydrogen-bond donors (Lipinski definition) is 2. The predicted molar refractivity (Wildman–Crippen MR) is 127 cm³/mol. The summed E-state index contributed by atoms with van der Waals surface area (Å²) in [5.41, 5.74) is 0.592. The third-order valence-corrected chi connectivity index (χ3v) is 8.56. The molecular formula is C22H33Cl2N3O3S. The largest absolute Gasteiger partial charge is 0.508 e. The van der Waals surface area contributed by atoms with Crippen LogP contribution in [0.15, 0.2) is 12.1 Å². The zero-order valence-electron chi connectivity index (χ0n) is 18.7. The fourth-order valence-corrected chi connectivity index (χ4v) is 5.59. The van der Waals surface area contributed by atoms with Gasteiger partial charge in [0.15, 0.2) is 0 Å². The Morgan fingerprint density at radius 2 is 1.77 bits per heavy atom. The summed E-state index contributed by atoms with van der Waals surface area (Å²) in [5, 5.41) is 11.2. The van der Waals surface area contributed by atoms with Crippen LogP contribution in [0.3, 0.4) is 0 Å². The molecule has 9 heteroatoms. The van der Waals surface area contributed by atoms with Crippen LogP contribution in [0.5, 0.6) is 5.75 Å². The average Bonchev–Trinajstić information content (AvgIpc) is 3.14. The molecule has 0 spiro atoms. The number of carbonyl (C=O) groups is 1. The number of amides is 1. The van der Waals surface area contributed by atoms with Gasteiger partial charge in [0.05, 0.1) is 37.7 Å². The minimum absolute atomic E-state index is 0.0327. The minimum atomic E-state index is -1.34. The van der Waals surface area contributed by atoms with Crippen LogP contribution in [-0.2, 0) is 15.8 Å². The smallest absolute Gasteiger partial charge is 0.227 e. The van der Waals surface area contributed by atoms with Gasteiger partial charge in [-0.15, -0.1) is 0 Å². The molecule has 2 aliphatic heterocycles. The van der Waals surface area contributed by atoms with Gasteiger partial charge in [0.1, 0.15) is 5.75 Å². The Balaban J connectivity index is 1.77. The van der Waals surface area contributed by atoms with Gasteiger partial charge in [0.25, 0.3) is 0 Å². The number of halogens is 2. The van der Waals surface area contributed by atoms with E-state index in [-0.39, 0.29) is 34.6 Å². The number of aromatic hydroxyl groups is 1. The van der Waals surface area contributed by atoms with E-state index in [4.69, 9.17) is 23.2 Å². The molecule has 1 aromatic carbocycles. The molecule has 2 aliphatic rings. The molecule has 0 bridgehead atoms. The third kappa shape index (κ3) is 5.93. The molecule has 1 unspecified atom stereocenters. The molecule has 2 fully saturated rings. The summed E-state index contributed by atoms with van der Waals surface area (Å²) in [6, 6.07) is 2.73. The van der Waals surface area contributed by atoms with Crippen LogP contribution in [0.2, 0.25) is 10.0 Å². The van der Waals surface area contributed by atoms with Crippen LogP contribution in [0.1, 0.15) is 51.6 Å². The molecule has 0 aliphatic carbocycles. The van der Waals surface area contributed by atoms with E-state index in [1.54, 1.807) is 6.07 Å². The SMILES string of the molecule is CN1CC[C@H](C(=O)N2CCC([C@@H](NS(=O)C(C)(C)C)c3cc(Cl)c(Cl)cc3O)CC2)C1. The highest BCUT2D eigenvalue weighted by molar-refractivity contribution is 7.84. The van der Waals surface area contributed by atoms with Gasteiger partial charge in [-0.2, -0.15) is 0 Å². The first-order valence-corrected chi connectivity index (χ1v) is 12.7. The van der Waals surface area contributed by atoms with Gasteiger partial charge in [-0.1, -0.05) is 23.2 Å². The van der Waals surface area contributed by atoms with E-state index < -0.39 is 15.7 Å². The van der Waals surface area contributed by atoms with Gasteiger partial charge < -0.3 is 14.9 Å². The van der Waals surface area contributed by atoms with Crippen LogP contribution in [0.4, 0.5) is 0 Å². The maximum absolute atomic E-state index is 12.9. The topological polar surface area (TPSA) is 72.9 Å². The highest BCUT2D eigenvalue weighted by Gasteiger charge is 2.36. The first kappa shape index (κ1) is 24.8. The lowest BCUT2D eigenvalue weighted by Crippen LogP contribution is -2.46. The quantitative estimate of drug-likeness (QED) is 0.655. The fourth-order valence-electron chi connectivity index (χ4n) is 4.35. The number of carbonyl (C=O) groups excluding carboxylic acids is 1. The molecule has 0 saturated carbocycles. The summed E-state index contributed by atoms with van der Waals surface area (Å²) >= 11 is 12.3. The van der Waals surface area contributed by atoms with Gasteiger partial charge in [0.2, 0.25) is 5.91 Å². The molecule has 1 amide bonds. The molecule has 3 atom stereocenters. The molecule has 174 valence electrons. The molecule has 31 heavy (non-hydrogen) atoms. The van der Waals surface area contributed by atoms with E-state index >= 15 is 0 Å². The van der Waals surface area contributed by atoms with Crippen LogP contribution in [0.25, 0.3) is 0 Å². The lowest BCUT2D eigenvalue weighted by atomic mass is 9.85. The Morgan fingerprint density at radius 3 is 2.32 bits per heavy atom. The van der Waals surface area contributed by atoms with Crippen molar-refractivity contribution in [1.82, 2.24) is 14.5 Å². The maximum Gasteiger partial charge on any atom is 0.227 e. The number of benzene rings is 1. The van der Waals surface area contributed by atoms with Crippen molar-refractivity contribution in [2.45, 2.75) is 50.8 Å². The number of piperidine rings is 1. The van der Waals surface area contributed by atoms with Gasteiger partial charge in [0, 0.05) is 31.3 Å². The van der Waals surface area contributed by atoms with E-state index in [1.165, 1.54) is 6.07 Å². The number of nitrogens with one attached hydrogen (secondary N) is 1. The standard InChI is InChI=1S/C22H33Cl2N3O3S/c1-22(2,3)31(30)25-20(16-11-17(23)18(24)12-19(16)28)14-6-9-27(10-7-14)21(29)15-5-8-26(4)13-15/h11-12,14-15,20,25,28H,5-10,13H2,1-4H3/t15-,20+,31?/m0/s1. The Labute approximate surface area is 197 Å². The van der Waals surface area contributed by atoms with Crippen molar-refractivity contribution in [3.8, 4) is 5.75 Å². The van der Waals surface area contributed by atoms with Crippen molar-refractivity contribution in [3.05, 3.63) is 27.7 Å². The van der Waals surface area contributed by atoms with Crippen molar-refractivity contribution in [3.63, 3.8) is 0 Å². The predicted octanol–water partition coefficient (Wildman–Crippen LogP) is 3.98. The van der Waals surface area contributed by atoms with Crippen molar-refractivity contribution >= 4 is 40.1 Å². The molecule has 0 radical (unpaired) electrons. The van der Waals surface area contributed by atoms with E-state index in [1.807, 2.05) is 25.7 Å². The van der Waals surface area contributed by atoms with E-state index in [9.17, 15) is 14.1 Å². The second-order valence-corrected chi connectivity index (χ2v) is 12.5. The average molecular weight is 490 g/mol. The second kappa shape index (κ2) is 9.96. The van der Waals surface area contributed by atoms with Crippen LogP contribution >= 0.6 is 23.2 Å². The zero-order valence-corrected chi connectivity index (χ0v) is 21.0. The number of rotatable bonds is 5. The molecule has 6 nitrogen and oxygen atoms in total. The molecule has 2 heterocycles. The third-order valence-electron chi connectivity index (χ3n) is 6.26. The van der Waals surface area contributed by atoms with Crippen molar-refractivity contribution < 1.29 is 14.1 Å². The second-order valence-electron chi connectivity index (χ2n) is 9.71. The minimum Gasteiger partial charge on any atom is -0.508 e. The zero-order chi connectivity index (χ0) is 22.9. The summed E-state index contributed by atoms with van der Waals surface area (Å²) < 4.78 is 15.7. The molecule has 0 aromatic heterocycles. The highest BCUT2D eigenvalue weighted by Crippen LogP contribution is 2.40. The lowest BCUT2D eigenvalue weighted by Gasteiger charge is -2.38. The van der Waals surface area contributed by atoms with E-state index in [0.29, 0.717) is 23.7 Å². The Morgan fingerprint density at radius 1 is 1.16 bits per heavy atom. The highest BCUT2D eigenvalue weighted by atomic mass is 35.5. The summed E-state index contributed by atoms with van der Waals surface area (Å²) in [4.78, 5) is 17.1. The normalized spacial score (nSPS) is 23.2. The number of nitrogens with zero attached hydrogens (tertiary/aromatic N) is 2. The van der Waals surface area contributed by atoms with Crippen LogP contribution in [0, 0.1) is 11.8 Å². The number of likely N-dealkylation sites (tertiary alicyclic amines) is 2. The van der Waals surface area contributed by atoms with Crippen molar-refractivity contribution in [2.75, 3.05) is 33.2 Å². The molecule has 2 N–H and O–H groups in total. The van der Waals surface area contributed by atoms with Crippen molar-refractivity contribution in [1.29, 1.82) is 0 Å². The molecular weight excluding hydrogens is 457 g/mol. The Bertz CT molecular complexity index is 838. The molecule has 2 saturated heterocycles. The number of hydrogen-bond acceptors (Lipinski definition) is 4. The summed E-state index contributed by atoms with van der Waals surface area (Å²) in [7, 11) is 0.714. The van der Waals surface area contributed by atoms with Crippen LogP contribution in [-0.4, -0.2) is 63.0 Å².